The Labute approximate surface area is 228 Å². The van der Waals surface area contributed by atoms with Gasteiger partial charge in [-0.25, -0.2) is 4.68 Å². The van der Waals surface area contributed by atoms with Crippen LogP contribution in [0.15, 0.2) is 47.3 Å². The zero-order chi connectivity index (χ0) is 28.3. The smallest absolute Gasteiger partial charge is 0.252 e. The van der Waals surface area contributed by atoms with Crippen LogP contribution in [0.4, 0.5) is 0 Å². The first kappa shape index (κ1) is 28.1. The Bertz CT molecular complexity index is 1490. The highest BCUT2D eigenvalue weighted by molar-refractivity contribution is 5.83. The third-order valence-electron chi connectivity index (χ3n) is 6.78. The topological polar surface area (TPSA) is 107 Å². The van der Waals surface area contributed by atoms with E-state index < -0.39 is 0 Å². The molecule has 4 aromatic rings. The number of nitrogens with one attached hydrogen (secondary N) is 1. The molecule has 2 heterocycles. The number of fused-ring (bicyclic) bond motifs is 1. The molecule has 0 radical (unpaired) electrons. The summed E-state index contributed by atoms with van der Waals surface area (Å²) in [5, 5.41) is 13.7. The second-order valence-corrected chi connectivity index (χ2v) is 10.9. The van der Waals surface area contributed by atoms with Gasteiger partial charge in [0, 0.05) is 35.7 Å². The Balaban J connectivity index is 1.85. The molecule has 2 aromatic carbocycles. The van der Waals surface area contributed by atoms with Crippen LogP contribution >= 0.6 is 0 Å². The van der Waals surface area contributed by atoms with E-state index in [0.29, 0.717) is 35.7 Å². The predicted molar refractivity (Wildman–Crippen MR) is 150 cm³/mol. The number of benzene rings is 2. The molecule has 1 N–H and O–H groups in total. The molecule has 2 aromatic heterocycles. The molecule has 0 unspecified atom stereocenters. The number of hydrogen-bond donors (Lipinski definition) is 1. The molecule has 4 rings (SSSR count). The van der Waals surface area contributed by atoms with Crippen LogP contribution in [-0.2, 0) is 18.6 Å². The zero-order valence-corrected chi connectivity index (χ0v) is 24.0. The fourth-order valence-electron chi connectivity index (χ4n) is 4.96. The van der Waals surface area contributed by atoms with Gasteiger partial charge in [0.1, 0.15) is 5.75 Å². The molecule has 0 amide bonds. The highest BCUT2D eigenvalue weighted by atomic mass is 16.5. The Morgan fingerprint density at radius 3 is 2.21 bits per heavy atom. The van der Waals surface area contributed by atoms with Crippen LogP contribution in [-0.4, -0.2) is 51.4 Å². The fraction of sp³-hybridized carbons (Fsp3) is 0.448. The van der Waals surface area contributed by atoms with Crippen molar-refractivity contribution in [2.45, 2.75) is 59.3 Å². The first-order valence-corrected chi connectivity index (χ1v) is 13.0. The quantitative estimate of drug-likeness (QED) is 0.312. The van der Waals surface area contributed by atoms with Gasteiger partial charge in [-0.2, -0.15) is 0 Å². The van der Waals surface area contributed by atoms with E-state index in [9.17, 15) is 4.79 Å². The molecule has 0 aliphatic rings. The van der Waals surface area contributed by atoms with E-state index in [1.54, 1.807) is 27.4 Å². The first-order valence-electron chi connectivity index (χ1n) is 13.0. The number of para-hydroxylation sites is 1. The van der Waals surface area contributed by atoms with Crippen molar-refractivity contribution in [1.82, 2.24) is 30.1 Å². The molecule has 0 bridgehead atoms. The third-order valence-corrected chi connectivity index (χ3v) is 6.78. The summed E-state index contributed by atoms with van der Waals surface area (Å²) in [6, 6.07) is 13.3. The van der Waals surface area contributed by atoms with Gasteiger partial charge < -0.3 is 19.2 Å². The Kier molecular flexibility index (Phi) is 8.25. The monoisotopic (exact) mass is 534 g/mol. The van der Waals surface area contributed by atoms with Gasteiger partial charge in [0.05, 0.1) is 38.4 Å². The predicted octanol–water partition coefficient (Wildman–Crippen LogP) is 4.69. The van der Waals surface area contributed by atoms with Crippen molar-refractivity contribution in [1.29, 1.82) is 0 Å². The average Bonchev–Trinajstić information content (AvgIpc) is 3.38. The highest BCUT2D eigenvalue weighted by Gasteiger charge is 2.33. The maximum absolute atomic E-state index is 13.4. The normalized spacial score (nSPS) is 12.8. The van der Waals surface area contributed by atoms with Crippen LogP contribution in [0.25, 0.3) is 10.9 Å². The average molecular weight is 535 g/mol. The van der Waals surface area contributed by atoms with E-state index in [1.165, 1.54) is 0 Å². The summed E-state index contributed by atoms with van der Waals surface area (Å²) in [4.78, 5) is 18.6. The van der Waals surface area contributed by atoms with Crippen LogP contribution in [0, 0.1) is 5.92 Å². The fourth-order valence-corrected chi connectivity index (χ4v) is 4.96. The Morgan fingerprint density at radius 2 is 1.56 bits per heavy atom. The van der Waals surface area contributed by atoms with E-state index in [0.717, 1.165) is 22.5 Å². The van der Waals surface area contributed by atoms with Crippen molar-refractivity contribution in [3.63, 3.8) is 0 Å². The summed E-state index contributed by atoms with van der Waals surface area (Å²) in [7, 11) is 4.83. The minimum absolute atomic E-state index is 0.135. The van der Waals surface area contributed by atoms with E-state index in [-0.39, 0.29) is 23.1 Å². The van der Waals surface area contributed by atoms with E-state index in [1.807, 2.05) is 41.1 Å². The minimum atomic E-state index is -0.321. The summed E-state index contributed by atoms with van der Waals surface area (Å²) >= 11 is 0. The van der Waals surface area contributed by atoms with Crippen LogP contribution in [0.3, 0.4) is 0 Å². The molecule has 0 aliphatic carbocycles. The van der Waals surface area contributed by atoms with Gasteiger partial charge in [0.25, 0.3) is 5.56 Å². The standard InChI is InChI=1S/C29H38N6O4/c1-18(2)26(27-31-32-33-35(27)29(3,4)5)34(16-19-11-9-10-12-23(19)37-6)17-21-13-20-14-24(38-7)25(39-8)15-22(20)30-28(21)36/h9-15,18,26H,16-17H2,1-8H3,(H,30,36)/t26-/m0/s1. The van der Waals surface area contributed by atoms with Gasteiger partial charge in [-0.05, 0) is 55.3 Å². The minimum Gasteiger partial charge on any atom is -0.496 e. The number of pyridine rings is 1. The van der Waals surface area contributed by atoms with Gasteiger partial charge in [-0.15, -0.1) is 5.10 Å². The van der Waals surface area contributed by atoms with Crippen molar-refractivity contribution in [3.05, 3.63) is 69.8 Å². The third kappa shape index (κ3) is 5.90. The maximum Gasteiger partial charge on any atom is 0.252 e. The number of H-pyrrole nitrogens is 1. The van der Waals surface area contributed by atoms with Gasteiger partial charge in [0.15, 0.2) is 17.3 Å². The molecule has 0 spiro atoms. The summed E-state index contributed by atoms with van der Waals surface area (Å²) < 4.78 is 18.5. The zero-order valence-electron chi connectivity index (χ0n) is 24.0. The largest absolute Gasteiger partial charge is 0.496 e. The van der Waals surface area contributed by atoms with Crippen molar-refractivity contribution >= 4 is 10.9 Å². The van der Waals surface area contributed by atoms with Crippen molar-refractivity contribution in [2.24, 2.45) is 5.92 Å². The number of rotatable bonds is 10. The SMILES string of the molecule is COc1ccccc1CN(Cc1cc2cc(OC)c(OC)cc2[nH]c1=O)[C@H](c1nnnn1C(C)(C)C)C(C)C. The van der Waals surface area contributed by atoms with Gasteiger partial charge in [0.2, 0.25) is 0 Å². The first-order chi connectivity index (χ1) is 18.6. The van der Waals surface area contributed by atoms with E-state index in [2.05, 4.69) is 60.0 Å². The van der Waals surface area contributed by atoms with Crippen molar-refractivity contribution < 1.29 is 14.2 Å². The lowest BCUT2D eigenvalue weighted by atomic mass is 9.98. The van der Waals surface area contributed by atoms with Gasteiger partial charge in [-0.1, -0.05) is 32.0 Å². The molecule has 208 valence electrons. The lowest BCUT2D eigenvalue weighted by Crippen LogP contribution is -2.37. The summed E-state index contributed by atoms with van der Waals surface area (Å²) in [6.07, 6.45) is 0. The highest BCUT2D eigenvalue weighted by Crippen LogP contribution is 2.35. The van der Waals surface area contributed by atoms with Gasteiger partial charge >= 0.3 is 0 Å². The number of ether oxygens (including phenoxy) is 3. The lowest BCUT2D eigenvalue weighted by Gasteiger charge is -2.35. The summed E-state index contributed by atoms with van der Waals surface area (Å²) in [6.45, 7) is 11.4. The molecular formula is C29H38N6O4. The number of hydrogen-bond acceptors (Lipinski definition) is 8. The molecule has 0 fully saturated rings. The molecule has 1 atom stereocenters. The van der Waals surface area contributed by atoms with Crippen LogP contribution < -0.4 is 19.8 Å². The molecule has 0 aliphatic heterocycles. The van der Waals surface area contributed by atoms with Crippen molar-refractivity contribution in [2.75, 3.05) is 21.3 Å². The van der Waals surface area contributed by atoms with E-state index >= 15 is 0 Å². The number of aromatic nitrogens is 5. The maximum atomic E-state index is 13.4. The number of tetrazole rings is 1. The molecular weight excluding hydrogens is 496 g/mol. The van der Waals surface area contributed by atoms with Crippen LogP contribution in [0.1, 0.15) is 57.6 Å². The van der Waals surface area contributed by atoms with Gasteiger partial charge in [-0.3, -0.25) is 9.69 Å². The second-order valence-electron chi connectivity index (χ2n) is 10.9. The number of methoxy groups -OCH3 is 3. The molecule has 0 saturated carbocycles. The summed E-state index contributed by atoms with van der Waals surface area (Å²) in [5.41, 5.74) is 1.81. The molecule has 0 saturated heterocycles. The number of aromatic amines is 1. The second kappa shape index (κ2) is 11.4. The lowest BCUT2D eigenvalue weighted by molar-refractivity contribution is 0.118. The molecule has 10 nitrogen and oxygen atoms in total. The Hall–Kier alpha value is -3.92. The Morgan fingerprint density at radius 1 is 0.923 bits per heavy atom. The number of nitrogens with zero attached hydrogens (tertiary/aromatic N) is 5. The van der Waals surface area contributed by atoms with E-state index in [4.69, 9.17) is 14.2 Å². The van der Waals surface area contributed by atoms with Crippen LogP contribution in [0.2, 0.25) is 0 Å². The summed E-state index contributed by atoms with van der Waals surface area (Å²) in [5.74, 6) is 2.81. The molecule has 10 heteroatoms. The van der Waals surface area contributed by atoms with Crippen LogP contribution in [0.5, 0.6) is 17.2 Å². The molecule has 39 heavy (non-hydrogen) atoms. The van der Waals surface area contributed by atoms with Crippen molar-refractivity contribution in [3.8, 4) is 17.2 Å².